The van der Waals surface area contributed by atoms with Gasteiger partial charge in [-0.3, -0.25) is 14.4 Å². The van der Waals surface area contributed by atoms with Gasteiger partial charge >= 0.3 is 17.9 Å². The number of carbonyl (C=O) groups excluding carboxylic acids is 3. The zero-order chi connectivity index (χ0) is 57.8. The van der Waals surface area contributed by atoms with Gasteiger partial charge in [-0.2, -0.15) is 0 Å². The molecule has 80 heavy (non-hydrogen) atoms. The Kier molecular flexibility index (Phi) is 67.1. The molecule has 6 heteroatoms. The molecule has 0 heterocycles. The van der Waals surface area contributed by atoms with Crippen LogP contribution in [0.1, 0.15) is 400 Å². The van der Waals surface area contributed by atoms with E-state index in [1.54, 1.807) is 0 Å². The van der Waals surface area contributed by atoms with Gasteiger partial charge in [0.25, 0.3) is 0 Å². The van der Waals surface area contributed by atoms with Crippen molar-refractivity contribution >= 4 is 17.9 Å². The van der Waals surface area contributed by atoms with Gasteiger partial charge in [-0.05, 0) is 57.8 Å². The van der Waals surface area contributed by atoms with Crippen LogP contribution in [0.15, 0.2) is 36.5 Å². The van der Waals surface area contributed by atoms with Crippen LogP contribution >= 0.6 is 0 Å². The second-order valence-electron chi connectivity index (χ2n) is 24.5. The Hall–Kier alpha value is -2.37. The summed E-state index contributed by atoms with van der Waals surface area (Å²) in [6, 6.07) is 0. The minimum Gasteiger partial charge on any atom is -0.462 e. The van der Waals surface area contributed by atoms with Gasteiger partial charge in [0.15, 0.2) is 6.10 Å². The SMILES string of the molecule is CCCCCCC/C=C\C/C=C\C/C=C\CCCCCCCCC(=O)OC(COC(=O)CCCCCCCCCCCCCCCC)COC(=O)CCCCCCCCCCCCCCCCCCCCCCCCCCCCC. The van der Waals surface area contributed by atoms with E-state index in [4.69, 9.17) is 14.2 Å². The predicted molar refractivity (Wildman–Crippen MR) is 349 cm³/mol. The summed E-state index contributed by atoms with van der Waals surface area (Å²) in [6.45, 7) is 6.70. The third-order valence-electron chi connectivity index (χ3n) is 16.4. The Morgan fingerprint density at radius 1 is 0.250 bits per heavy atom. The summed E-state index contributed by atoms with van der Waals surface area (Å²) < 4.78 is 17.0. The van der Waals surface area contributed by atoms with E-state index in [0.717, 1.165) is 77.0 Å². The van der Waals surface area contributed by atoms with E-state index in [9.17, 15) is 14.4 Å². The monoisotopic (exact) mass is 1120 g/mol. The van der Waals surface area contributed by atoms with Gasteiger partial charge in [0.2, 0.25) is 0 Å². The normalized spacial score (nSPS) is 12.2. The average molecular weight is 1120 g/mol. The topological polar surface area (TPSA) is 78.9 Å². The standard InChI is InChI=1S/C74H138O6/c1-4-7-10-13-16-19-22-25-28-30-32-34-35-36-37-38-39-41-42-44-46-49-52-55-58-61-64-67-73(76)79-70-71(69-78-72(75)66-63-60-57-54-51-48-27-24-21-18-15-12-9-6-3)80-74(77)68-65-62-59-56-53-50-47-45-43-40-33-31-29-26-23-20-17-14-11-8-5-2/h23,26,31,33,43,45,71H,4-22,24-25,27-30,32,34-42,44,46-70H2,1-3H3/b26-23-,33-31-,45-43-. The molecule has 0 fully saturated rings. The van der Waals surface area contributed by atoms with Crippen molar-refractivity contribution in [2.75, 3.05) is 13.2 Å². The highest BCUT2D eigenvalue weighted by Gasteiger charge is 2.19. The minimum absolute atomic E-state index is 0.0718. The lowest BCUT2D eigenvalue weighted by atomic mass is 10.0. The van der Waals surface area contributed by atoms with E-state index < -0.39 is 6.10 Å². The Morgan fingerprint density at radius 3 is 0.700 bits per heavy atom. The van der Waals surface area contributed by atoms with Crippen molar-refractivity contribution in [2.45, 2.75) is 406 Å². The first-order chi connectivity index (χ1) is 39.5. The Labute approximate surface area is 499 Å². The largest absolute Gasteiger partial charge is 0.462 e. The molecule has 1 atom stereocenters. The first kappa shape index (κ1) is 77.6. The molecule has 0 aromatic rings. The van der Waals surface area contributed by atoms with Crippen LogP contribution in [0.25, 0.3) is 0 Å². The van der Waals surface area contributed by atoms with Gasteiger partial charge in [-0.1, -0.05) is 359 Å². The first-order valence-electron chi connectivity index (χ1n) is 36.0. The molecule has 0 N–H and O–H groups in total. The van der Waals surface area contributed by atoms with Crippen LogP contribution in [0.2, 0.25) is 0 Å². The van der Waals surface area contributed by atoms with Crippen LogP contribution < -0.4 is 0 Å². The number of allylic oxidation sites excluding steroid dienone is 6. The second-order valence-corrected chi connectivity index (χ2v) is 24.5. The van der Waals surface area contributed by atoms with Crippen LogP contribution in [0.3, 0.4) is 0 Å². The van der Waals surface area contributed by atoms with Crippen molar-refractivity contribution in [3.63, 3.8) is 0 Å². The fraction of sp³-hybridized carbons (Fsp3) is 0.878. The van der Waals surface area contributed by atoms with Crippen LogP contribution in [-0.4, -0.2) is 37.2 Å². The predicted octanol–water partition coefficient (Wildman–Crippen LogP) is 24.7. The van der Waals surface area contributed by atoms with Crippen molar-refractivity contribution in [3.8, 4) is 0 Å². The molecule has 0 radical (unpaired) electrons. The summed E-state index contributed by atoms with van der Waals surface area (Å²) in [4.78, 5) is 38.4. The fourth-order valence-electron chi connectivity index (χ4n) is 11.0. The maximum absolute atomic E-state index is 12.9. The Bertz CT molecular complexity index is 1340. The van der Waals surface area contributed by atoms with Crippen molar-refractivity contribution in [2.24, 2.45) is 0 Å². The van der Waals surface area contributed by atoms with Crippen molar-refractivity contribution in [1.29, 1.82) is 0 Å². The Morgan fingerprint density at radius 2 is 0.450 bits per heavy atom. The maximum atomic E-state index is 12.9. The van der Waals surface area contributed by atoms with Gasteiger partial charge < -0.3 is 14.2 Å². The molecule has 0 aromatic heterocycles. The van der Waals surface area contributed by atoms with Crippen LogP contribution in [-0.2, 0) is 28.6 Å². The molecule has 0 aromatic carbocycles. The molecule has 1 unspecified atom stereocenters. The zero-order valence-electron chi connectivity index (χ0n) is 54.1. The third-order valence-corrected chi connectivity index (χ3v) is 16.4. The van der Waals surface area contributed by atoms with Gasteiger partial charge in [-0.25, -0.2) is 0 Å². The number of rotatable bonds is 67. The molecule has 0 spiro atoms. The molecule has 0 rings (SSSR count). The number of esters is 3. The van der Waals surface area contributed by atoms with Gasteiger partial charge in [0.05, 0.1) is 0 Å². The lowest BCUT2D eigenvalue weighted by molar-refractivity contribution is -0.167. The van der Waals surface area contributed by atoms with E-state index in [1.165, 1.54) is 283 Å². The lowest BCUT2D eigenvalue weighted by Gasteiger charge is -2.18. The molecule has 6 nitrogen and oxygen atoms in total. The van der Waals surface area contributed by atoms with Gasteiger partial charge in [0, 0.05) is 19.3 Å². The average Bonchev–Trinajstić information content (AvgIpc) is 3.46. The Balaban J connectivity index is 4.24. The zero-order valence-corrected chi connectivity index (χ0v) is 54.1. The number of hydrogen-bond donors (Lipinski definition) is 0. The van der Waals surface area contributed by atoms with E-state index >= 15 is 0 Å². The summed E-state index contributed by atoms with van der Waals surface area (Å²) >= 11 is 0. The highest BCUT2D eigenvalue weighted by atomic mass is 16.6. The molecule has 0 amide bonds. The molecule has 470 valence electrons. The molecule has 0 aliphatic heterocycles. The van der Waals surface area contributed by atoms with Crippen LogP contribution in [0.4, 0.5) is 0 Å². The first-order valence-corrected chi connectivity index (χ1v) is 36.0. The third kappa shape index (κ3) is 66.4. The quantitative estimate of drug-likeness (QED) is 0.0261. The van der Waals surface area contributed by atoms with Crippen LogP contribution in [0.5, 0.6) is 0 Å². The van der Waals surface area contributed by atoms with E-state index in [2.05, 4.69) is 57.2 Å². The molecular weight excluding hydrogens is 985 g/mol. The fourth-order valence-corrected chi connectivity index (χ4v) is 11.0. The lowest BCUT2D eigenvalue weighted by Crippen LogP contribution is -2.30. The molecule has 0 aliphatic carbocycles. The molecule has 0 bridgehead atoms. The van der Waals surface area contributed by atoms with Crippen molar-refractivity contribution in [1.82, 2.24) is 0 Å². The number of unbranched alkanes of at least 4 members (excludes halogenated alkanes) is 50. The summed E-state index contributed by atoms with van der Waals surface area (Å²) in [5.41, 5.74) is 0. The summed E-state index contributed by atoms with van der Waals surface area (Å²) in [7, 11) is 0. The summed E-state index contributed by atoms with van der Waals surface area (Å²) in [5, 5.41) is 0. The number of ether oxygens (including phenoxy) is 3. The second kappa shape index (κ2) is 69.1. The van der Waals surface area contributed by atoms with E-state index in [1.807, 2.05) is 0 Å². The minimum atomic E-state index is -0.777. The van der Waals surface area contributed by atoms with E-state index in [-0.39, 0.29) is 31.1 Å². The highest BCUT2D eigenvalue weighted by molar-refractivity contribution is 5.71. The summed E-state index contributed by atoms with van der Waals surface area (Å²) in [6.07, 6.45) is 86.1. The van der Waals surface area contributed by atoms with Crippen molar-refractivity contribution in [3.05, 3.63) is 36.5 Å². The molecule has 0 aliphatic rings. The van der Waals surface area contributed by atoms with Gasteiger partial charge in [0.1, 0.15) is 13.2 Å². The maximum Gasteiger partial charge on any atom is 0.306 e. The number of carbonyl (C=O) groups is 3. The highest BCUT2D eigenvalue weighted by Crippen LogP contribution is 2.19. The van der Waals surface area contributed by atoms with Gasteiger partial charge in [-0.15, -0.1) is 0 Å². The van der Waals surface area contributed by atoms with Crippen LogP contribution in [0, 0.1) is 0 Å². The smallest absolute Gasteiger partial charge is 0.306 e. The summed E-state index contributed by atoms with van der Waals surface area (Å²) in [5.74, 6) is -0.854. The molecule has 0 saturated carbocycles. The van der Waals surface area contributed by atoms with E-state index in [0.29, 0.717) is 19.3 Å². The van der Waals surface area contributed by atoms with Crippen molar-refractivity contribution < 1.29 is 28.6 Å². The molecule has 0 saturated heterocycles. The molecular formula is C74H138O6. The number of hydrogen-bond acceptors (Lipinski definition) is 6.